The second-order valence-electron chi connectivity index (χ2n) is 6.57. The van der Waals surface area contributed by atoms with E-state index in [4.69, 9.17) is 0 Å². The molecule has 0 radical (unpaired) electrons. The number of hydrogen-bond acceptors (Lipinski definition) is 4. The zero-order chi connectivity index (χ0) is 18.7. The van der Waals surface area contributed by atoms with E-state index in [0.717, 1.165) is 29.2 Å². The Morgan fingerprint density at radius 1 is 1.08 bits per heavy atom. The van der Waals surface area contributed by atoms with Crippen LogP contribution in [0.1, 0.15) is 18.3 Å². The lowest BCUT2D eigenvalue weighted by Gasteiger charge is -2.16. The average molecular weight is 369 g/mol. The number of sulfone groups is 1. The highest BCUT2D eigenvalue weighted by Gasteiger charge is 2.12. The van der Waals surface area contributed by atoms with Crippen molar-refractivity contribution in [2.45, 2.75) is 31.2 Å². The van der Waals surface area contributed by atoms with E-state index in [9.17, 15) is 8.42 Å². The number of nitrogens with zero attached hydrogens (tertiary/aromatic N) is 2. The predicted molar refractivity (Wildman–Crippen MR) is 105 cm³/mol. The molecule has 0 aliphatic heterocycles. The van der Waals surface area contributed by atoms with Crippen LogP contribution < -0.4 is 5.32 Å². The quantitative estimate of drug-likeness (QED) is 0.721. The average Bonchev–Trinajstić information content (AvgIpc) is 2.95. The fourth-order valence-electron chi connectivity index (χ4n) is 2.94. The van der Waals surface area contributed by atoms with Gasteiger partial charge in [0.1, 0.15) is 0 Å². The van der Waals surface area contributed by atoms with Gasteiger partial charge in [0, 0.05) is 30.1 Å². The molecule has 2 aromatic carbocycles. The van der Waals surface area contributed by atoms with E-state index in [1.54, 1.807) is 24.3 Å². The number of anilines is 1. The van der Waals surface area contributed by atoms with Crippen molar-refractivity contribution in [2.24, 2.45) is 0 Å². The third kappa shape index (κ3) is 4.32. The first-order valence-electron chi connectivity index (χ1n) is 8.50. The van der Waals surface area contributed by atoms with Crippen LogP contribution in [-0.2, 0) is 16.3 Å². The van der Waals surface area contributed by atoms with Crippen LogP contribution in [0.25, 0.3) is 5.69 Å². The first-order valence-corrected chi connectivity index (χ1v) is 10.4. The maximum absolute atomic E-state index is 11.6. The van der Waals surface area contributed by atoms with Gasteiger partial charge in [0.25, 0.3) is 0 Å². The van der Waals surface area contributed by atoms with Crippen molar-refractivity contribution >= 4 is 15.5 Å². The van der Waals surface area contributed by atoms with E-state index in [0.29, 0.717) is 4.90 Å². The van der Waals surface area contributed by atoms with Gasteiger partial charge in [-0.2, -0.15) is 5.10 Å². The van der Waals surface area contributed by atoms with Crippen LogP contribution >= 0.6 is 0 Å². The van der Waals surface area contributed by atoms with E-state index in [2.05, 4.69) is 23.4 Å². The summed E-state index contributed by atoms with van der Waals surface area (Å²) in [4.78, 5) is 0.327. The van der Waals surface area contributed by atoms with Crippen molar-refractivity contribution in [2.75, 3.05) is 11.6 Å². The minimum Gasteiger partial charge on any atom is -0.382 e. The molecule has 6 heteroatoms. The zero-order valence-electron chi connectivity index (χ0n) is 15.2. The highest BCUT2D eigenvalue weighted by Crippen LogP contribution is 2.18. The molecular formula is C20H23N3O2S. The van der Waals surface area contributed by atoms with Crippen molar-refractivity contribution in [1.82, 2.24) is 9.78 Å². The molecule has 3 rings (SSSR count). The van der Waals surface area contributed by atoms with Crippen LogP contribution in [0.3, 0.4) is 0 Å². The van der Waals surface area contributed by atoms with Crippen molar-refractivity contribution in [3.05, 3.63) is 72.1 Å². The molecule has 1 heterocycles. The van der Waals surface area contributed by atoms with Gasteiger partial charge < -0.3 is 5.32 Å². The number of para-hydroxylation sites is 1. The SMILES string of the molecule is Cc1cc(CC(C)Nc2ccc(S(C)(=O)=O)cc2)n(-c2ccccc2)n1. The van der Waals surface area contributed by atoms with Crippen LogP contribution in [0.5, 0.6) is 0 Å². The molecule has 1 aromatic heterocycles. The summed E-state index contributed by atoms with van der Waals surface area (Å²) < 4.78 is 25.1. The summed E-state index contributed by atoms with van der Waals surface area (Å²) in [5.41, 5.74) is 4.04. The van der Waals surface area contributed by atoms with Crippen molar-refractivity contribution < 1.29 is 8.42 Å². The first-order chi connectivity index (χ1) is 12.3. The lowest BCUT2D eigenvalue weighted by molar-refractivity contribution is 0.602. The highest BCUT2D eigenvalue weighted by atomic mass is 32.2. The standard InChI is InChI=1S/C20H23N3O2S/c1-15(21-17-9-11-20(12-10-17)26(3,24)25)13-19-14-16(2)22-23(19)18-7-5-4-6-8-18/h4-12,14-15,21H,13H2,1-3H3. The molecule has 0 saturated carbocycles. The van der Waals surface area contributed by atoms with Gasteiger partial charge in [-0.25, -0.2) is 13.1 Å². The topological polar surface area (TPSA) is 64.0 Å². The summed E-state index contributed by atoms with van der Waals surface area (Å²) in [5, 5.41) is 8.02. The van der Waals surface area contributed by atoms with Crippen molar-refractivity contribution in [3.8, 4) is 5.69 Å². The van der Waals surface area contributed by atoms with Crippen LogP contribution in [0.2, 0.25) is 0 Å². The number of aryl methyl sites for hydroxylation is 1. The van der Waals surface area contributed by atoms with Gasteiger partial charge in [0.15, 0.2) is 9.84 Å². The Labute approximate surface area is 154 Å². The maximum atomic E-state index is 11.6. The van der Waals surface area contributed by atoms with E-state index in [1.807, 2.05) is 41.9 Å². The predicted octanol–water partition coefficient (Wildman–Crippen LogP) is 3.63. The molecule has 3 aromatic rings. The van der Waals surface area contributed by atoms with Gasteiger partial charge >= 0.3 is 0 Å². The van der Waals surface area contributed by atoms with Crippen LogP contribution in [0.15, 0.2) is 65.6 Å². The molecule has 26 heavy (non-hydrogen) atoms. The molecule has 0 fully saturated rings. The lowest BCUT2D eigenvalue weighted by atomic mass is 10.1. The van der Waals surface area contributed by atoms with E-state index < -0.39 is 9.84 Å². The van der Waals surface area contributed by atoms with Gasteiger partial charge in [-0.05, 0) is 56.3 Å². The van der Waals surface area contributed by atoms with E-state index in [1.165, 1.54) is 6.26 Å². The normalized spacial score (nSPS) is 12.7. The van der Waals surface area contributed by atoms with Gasteiger partial charge in [-0.1, -0.05) is 18.2 Å². The summed E-state index contributed by atoms with van der Waals surface area (Å²) in [7, 11) is -3.17. The lowest BCUT2D eigenvalue weighted by Crippen LogP contribution is -2.20. The zero-order valence-corrected chi connectivity index (χ0v) is 16.0. The molecular weight excluding hydrogens is 346 g/mol. The Kier molecular flexibility index (Phi) is 5.13. The third-order valence-corrected chi connectivity index (χ3v) is 5.25. The van der Waals surface area contributed by atoms with Crippen molar-refractivity contribution in [3.63, 3.8) is 0 Å². The molecule has 1 atom stereocenters. The number of rotatable bonds is 6. The van der Waals surface area contributed by atoms with Gasteiger partial charge in [0.2, 0.25) is 0 Å². The molecule has 1 N–H and O–H groups in total. The Morgan fingerprint density at radius 3 is 2.35 bits per heavy atom. The number of benzene rings is 2. The van der Waals surface area contributed by atoms with Crippen LogP contribution in [0, 0.1) is 6.92 Å². The molecule has 0 bridgehead atoms. The molecule has 1 unspecified atom stereocenters. The fraction of sp³-hybridized carbons (Fsp3) is 0.250. The van der Waals surface area contributed by atoms with E-state index >= 15 is 0 Å². The second kappa shape index (κ2) is 7.33. The number of nitrogens with one attached hydrogen (secondary N) is 1. The van der Waals surface area contributed by atoms with Crippen molar-refractivity contribution in [1.29, 1.82) is 0 Å². The third-order valence-electron chi connectivity index (χ3n) is 4.12. The fourth-order valence-corrected chi connectivity index (χ4v) is 3.57. The molecule has 5 nitrogen and oxygen atoms in total. The highest BCUT2D eigenvalue weighted by molar-refractivity contribution is 7.90. The molecule has 0 aliphatic rings. The van der Waals surface area contributed by atoms with E-state index in [-0.39, 0.29) is 6.04 Å². The number of hydrogen-bond donors (Lipinski definition) is 1. The Bertz CT molecular complexity index is 978. The smallest absolute Gasteiger partial charge is 0.175 e. The minimum atomic E-state index is -3.17. The molecule has 0 aliphatic carbocycles. The van der Waals surface area contributed by atoms with Crippen LogP contribution in [-0.4, -0.2) is 30.5 Å². The molecule has 0 spiro atoms. The number of aromatic nitrogens is 2. The summed E-state index contributed by atoms with van der Waals surface area (Å²) in [5.74, 6) is 0. The monoisotopic (exact) mass is 369 g/mol. The largest absolute Gasteiger partial charge is 0.382 e. The Hall–Kier alpha value is -2.60. The second-order valence-corrected chi connectivity index (χ2v) is 8.59. The Morgan fingerprint density at radius 2 is 1.73 bits per heavy atom. The molecule has 136 valence electrons. The minimum absolute atomic E-state index is 0.164. The summed E-state index contributed by atoms with van der Waals surface area (Å²) in [6.07, 6.45) is 2.01. The van der Waals surface area contributed by atoms with Gasteiger partial charge in [0.05, 0.1) is 16.3 Å². The molecule has 0 amide bonds. The summed E-state index contributed by atoms with van der Waals surface area (Å²) in [6.45, 7) is 4.09. The van der Waals surface area contributed by atoms with Gasteiger partial charge in [-0.3, -0.25) is 0 Å². The molecule has 0 saturated heterocycles. The summed E-state index contributed by atoms with van der Waals surface area (Å²) in [6, 6.07) is 19.2. The van der Waals surface area contributed by atoms with Crippen LogP contribution in [0.4, 0.5) is 5.69 Å². The van der Waals surface area contributed by atoms with Gasteiger partial charge in [-0.15, -0.1) is 0 Å². The first kappa shape index (κ1) is 18.2. The maximum Gasteiger partial charge on any atom is 0.175 e. The Balaban J connectivity index is 1.74. The summed E-state index contributed by atoms with van der Waals surface area (Å²) >= 11 is 0.